The summed E-state index contributed by atoms with van der Waals surface area (Å²) in [6.45, 7) is 27.2. The lowest BCUT2D eigenvalue weighted by molar-refractivity contribution is 0.590. The summed E-state index contributed by atoms with van der Waals surface area (Å²) in [5, 5.41) is 16.2. The van der Waals surface area contributed by atoms with Gasteiger partial charge in [0.1, 0.15) is 11.6 Å². The Morgan fingerprint density at radius 3 is 0.982 bits per heavy atom. The molecule has 282 valence electrons. The maximum atomic E-state index is 11.5. The van der Waals surface area contributed by atoms with Gasteiger partial charge < -0.3 is 9.13 Å². The molecule has 4 nitrogen and oxygen atoms in total. The molecule has 8 aromatic rings. The van der Waals surface area contributed by atoms with Gasteiger partial charge >= 0.3 is 0 Å². The van der Waals surface area contributed by atoms with E-state index >= 15 is 0 Å². The lowest BCUT2D eigenvalue weighted by Crippen LogP contribution is -2.11. The number of hydrogen-bond donors (Lipinski definition) is 0. The fraction of sp³-hybridized carbons (Fsp3) is 0.308. The van der Waals surface area contributed by atoms with E-state index in [1.54, 1.807) is 0 Å². The molecule has 0 bridgehead atoms. The highest BCUT2D eigenvalue weighted by Crippen LogP contribution is 2.43. The van der Waals surface area contributed by atoms with Crippen LogP contribution in [0.4, 0.5) is 0 Å². The van der Waals surface area contributed by atoms with E-state index < -0.39 is 0 Å². The van der Waals surface area contributed by atoms with E-state index in [1.807, 2.05) is 12.4 Å². The molecule has 0 aliphatic heterocycles. The molecule has 0 unspecified atom stereocenters. The molecule has 0 saturated carbocycles. The Bertz CT molecular complexity index is 2570. The van der Waals surface area contributed by atoms with E-state index in [4.69, 9.17) is 0 Å². The van der Waals surface area contributed by atoms with Gasteiger partial charge in [-0.1, -0.05) is 107 Å². The van der Waals surface area contributed by atoms with Crippen LogP contribution in [-0.2, 0) is 21.7 Å². The van der Waals surface area contributed by atoms with Crippen LogP contribution in [0.1, 0.15) is 111 Å². The summed E-state index contributed by atoms with van der Waals surface area (Å²) in [6.07, 6.45) is 3.69. The number of nitriles is 1. The van der Waals surface area contributed by atoms with Gasteiger partial charge in [0.2, 0.25) is 0 Å². The van der Waals surface area contributed by atoms with Gasteiger partial charge in [-0.05, 0) is 128 Å². The van der Waals surface area contributed by atoms with Crippen LogP contribution in [0, 0.1) is 11.3 Å². The van der Waals surface area contributed by atoms with E-state index in [2.05, 4.69) is 200 Å². The van der Waals surface area contributed by atoms with Crippen molar-refractivity contribution in [1.82, 2.24) is 14.1 Å². The molecule has 0 atom stereocenters. The maximum absolute atomic E-state index is 11.5. The average Bonchev–Trinajstić information content (AvgIpc) is 3.64. The SMILES string of the molecule is CC(C)(C)c1ccc2c(c1)c1cc(C(C)(C)C)ccc1n2-c1cc(-c2ccncc2)cc(-n2c3ccc(C(C)(C)C)cc3c3cc(C(C)(C)C)ccc32)c1C#N. The van der Waals surface area contributed by atoms with Crippen LogP contribution in [0.5, 0.6) is 0 Å². The van der Waals surface area contributed by atoms with Crippen molar-refractivity contribution in [3.8, 4) is 28.6 Å². The van der Waals surface area contributed by atoms with E-state index in [0.29, 0.717) is 5.56 Å². The fourth-order valence-electron chi connectivity index (χ4n) is 8.22. The zero-order chi connectivity index (χ0) is 40.1. The van der Waals surface area contributed by atoms with Crippen LogP contribution in [-0.4, -0.2) is 14.1 Å². The van der Waals surface area contributed by atoms with Crippen molar-refractivity contribution in [3.05, 3.63) is 137 Å². The number of fused-ring (bicyclic) bond motifs is 6. The van der Waals surface area contributed by atoms with Gasteiger partial charge in [-0.3, -0.25) is 4.98 Å². The first-order chi connectivity index (χ1) is 26.3. The van der Waals surface area contributed by atoms with Crippen LogP contribution in [0.25, 0.3) is 66.1 Å². The summed E-state index contributed by atoms with van der Waals surface area (Å²) >= 11 is 0. The van der Waals surface area contributed by atoms with E-state index in [9.17, 15) is 5.26 Å². The third-order valence-electron chi connectivity index (χ3n) is 11.7. The Kier molecular flexibility index (Phi) is 8.44. The largest absolute Gasteiger partial charge is 0.308 e. The van der Waals surface area contributed by atoms with Crippen molar-refractivity contribution in [3.63, 3.8) is 0 Å². The number of hydrogen-bond acceptors (Lipinski definition) is 2. The van der Waals surface area contributed by atoms with Crippen molar-refractivity contribution in [2.45, 2.75) is 105 Å². The zero-order valence-electron chi connectivity index (χ0n) is 35.2. The Hall–Kier alpha value is -5.66. The highest BCUT2D eigenvalue weighted by atomic mass is 15.0. The van der Waals surface area contributed by atoms with Crippen molar-refractivity contribution in [2.24, 2.45) is 0 Å². The molecule has 0 spiro atoms. The van der Waals surface area contributed by atoms with E-state index in [0.717, 1.165) is 44.6 Å². The second kappa shape index (κ2) is 12.7. The number of rotatable bonds is 3. The molecule has 3 heterocycles. The first kappa shape index (κ1) is 37.3. The number of aromatic nitrogens is 3. The topological polar surface area (TPSA) is 46.5 Å². The molecule has 56 heavy (non-hydrogen) atoms. The first-order valence-electron chi connectivity index (χ1n) is 19.9. The minimum absolute atomic E-state index is 0.0211. The molecule has 3 aromatic heterocycles. The van der Waals surface area contributed by atoms with Crippen LogP contribution >= 0.6 is 0 Å². The molecule has 8 rings (SSSR count). The predicted molar refractivity (Wildman–Crippen MR) is 238 cm³/mol. The van der Waals surface area contributed by atoms with Crippen LogP contribution in [0.3, 0.4) is 0 Å². The number of pyridine rings is 1. The Balaban J connectivity index is 1.54. The van der Waals surface area contributed by atoms with Gasteiger partial charge in [0.15, 0.2) is 0 Å². The van der Waals surface area contributed by atoms with E-state index in [-0.39, 0.29) is 21.7 Å². The van der Waals surface area contributed by atoms with Crippen molar-refractivity contribution in [2.75, 3.05) is 0 Å². The minimum Gasteiger partial charge on any atom is -0.308 e. The lowest BCUT2D eigenvalue weighted by Gasteiger charge is -2.21. The molecule has 0 radical (unpaired) electrons. The van der Waals surface area contributed by atoms with Gasteiger partial charge in [-0.15, -0.1) is 0 Å². The van der Waals surface area contributed by atoms with Crippen molar-refractivity contribution >= 4 is 43.6 Å². The quantitative estimate of drug-likeness (QED) is 0.181. The third-order valence-corrected chi connectivity index (χ3v) is 11.7. The molecule has 5 aromatic carbocycles. The highest BCUT2D eigenvalue weighted by molar-refractivity contribution is 6.12. The van der Waals surface area contributed by atoms with Crippen LogP contribution in [0.2, 0.25) is 0 Å². The summed E-state index contributed by atoms with van der Waals surface area (Å²) in [5.41, 5.74) is 13.8. The first-order valence-corrected chi connectivity index (χ1v) is 19.9. The lowest BCUT2D eigenvalue weighted by atomic mass is 9.85. The van der Waals surface area contributed by atoms with E-state index in [1.165, 1.54) is 43.8 Å². The van der Waals surface area contributed by atoms with Crippen molar-refractivity contribution < 1.29 is 0 Å². The molecule has 0 aliphatic carbocycles. The molecular weight excluding hydrogens is 681 g/mol. The summed E-state index contributed by atoms with van der Waals surface area (Å²) in [4.78, 5) is 4.36. The smallest absolute Gasteiger partial charge is 0.104 e. The second-order valence-electron chi connectivity index (χ2n) is 19.8. The monoisotopic (exact) mass is 734 g/mol. The number of nitrogens with zero attached hydrogens (tertiary/aromatic N) is 4. The minimum atomic E-state index is -0.0211. The standard InChI is InChI=1S/C52H54N4/c1-49(2,3)34-13-17-43-38(27-34)39-28-35(50(4,5)6)14-18-44(39)55(43)47-25-33(32-21-23-54-24-22-32)26-48(42(47)31-53)56-45-19-15-36(51(7,8)9)29-40(45)41-30-37(52(10,11)12)16-20-46(41)56/h13-30H,1-12H3. The summed E-state index contributed by atoms with van der Waals surface area (Å²) in [6, 6.07) is 38.8. The second-order valence-corrected chi connectivity index (χ2v) is 19.8. The van der Waals surface area contributed by atoms with Gasteiger partial charge in [-0.25, -0.2) is 0 Å². The molecule has 0 amide bonds. The van der Waals surface area contributed by atoms with Gasteiger partial charge in [-0.2, -0.15) is 5.26 Å². The molecule has 0 aliphatic rings. The normalized spacial score (nSPS) is 13.0. The third kappa shape index (κ3) is 6.19. The van der Waals surface area contributed by atoms with Crippen LogP contribution < -0.4 is 0 Å². The van der Waals surface area contributed by atoms with Gasteiger partial charge in [0.25, 0.3) is 0 Å². The summed E-state index contributed by atoms with van der Waals surface area (Å²) < 4.78 is 4.67. The summed E-state index contributed by atoms with van der Waals surface area (Å²) in [7, 11) is 0. The predicted octanol–water partition coefficient (Wildman–Crippen LogP) is 14.0. The highest BCUT2D eigenvalue weighted by Gasteiger charge is 2.26. The Labute approximate surface area is 332 Å². The molecule has 0 fully saturated rings. The molecule has 0 N–H and O–H groups in total. The van der Waals surface area contributed by atoms with Crippen LogP contribution in [0.15, 0.2) is 109 Å². The summed E-state index contributed by atoms with van der Waals surface area (Å²) in [5.74, 6) is 0. The average molecular weight is 735 g/mol. The van der Waals surface area contributed by atoms with Crippen molar-refractivity contribution in [1.29, 1.82) is 5.26 Å². The Morgan fingerprint density at radius 2 is 0.714 bits per heavy atom. The Morgan fingerprint density at radius 1 is 0.411 bits per heavy atom. The zero-order valence-corrected chi connectivity index (χ0v) is 35.2. The number of benzene rings is 5. The van der Waals surface area contributed by atoms with Gasteiger partial charge in [0.05, 0.1) is 33.4 Å². The van der Waals surface area contributed by atoms with Gasteiger partial charge in [0, 0.05) is 33.9 Å². The maximum Gasteiger partial charge on any atom is 0.104 e. The molecule has 4 heteroatoms. The molecular formula is C52H54N4. The fourth-order valence-corrected chi connectivity index (χ4v) is 8.22. The molecule has 0 saturated heterocycles.